The molecule has 1 aromatic carbocycles. The molecular weight excluding hydrogens is 329 g/mol. The molecule has 3 aromatic rings. The van der Waals surface area contributed by atoms with Gasteiger partial charge in [-0.05, 0) is 43.2 Å². The summed E-state index contributed by atoms with van der Waals surface area (Å²) in [5, 5.41) is 6.60. The van der Waals surface area contributed by atoms with Crippen molar-refractivity contribution in [2.75, 3.05) is 10.6 Å². The van der Waals surface area contributed by atoms with Crippen molar-refractivity contribution in [3.05, 3.63) is 66.2 Å². The van der Waals surface area contributed by atoms with Crippen molar-refractivity contribution in [1.82, 2.24) is 15.0 Å². The Hall–Kier alpha value is -3.02. The van der Waals surface area contributed by atoms with E-state index in [2.05, 4.69) is 39.4 Å². The van der Waals surface area contributed by atoms with Crippen LogP contribution in [0.5, 0.6) is 0 Å². The summed E-state index contributed by atoms with van der Waals surface area (Å²) in [6, 6.07) is 12.4. The molecule has 0 radical (unpaired) electrons. The van der Waals surface area contributed by atoms with Crippen LogP contribution in [0.3, 0.4) is 0 Å². The summed E-state index contributed by atoms with van der Waals surface area (Å²) in [5.41, 5.74) is 2.69. The monoisotopic (exact) mass is 351 g/mol. The van der Waals surface area contributed by atoms with Gasteiger partial charge in [0.15, 0.2) is 0 Å². The van der Waals surface area contributed by atoms with Gasteiger partial charge in [0.1, 0.15) is 11.6 Å². The lowest BCUT2D eigenvalue weighted by molar-refractivity contribution is 0.627. The Bertz CT molecular complexity index is 837. The lowest BCUT2D eigenvalue weighted by Crippen LogP contribution is -2.16. The van der Waals surface area contributed by atoms with Gasteiger partial charge in [-0.25, -0.2) is 9.37 Å². The molecule has 3 rings (SSSR count). The number of nitrogens with one attached hydrogen (secondary N) is 2. The Balaban J connectivity index is 1.85. The molecule has 2 aromatic heterocycles. The summed E-state index contributed by atoms with van der Waals surface area (Å²) in [5.74, 6) is 1.03. The molecule has 0 aliphatic heterocycles. The molecule has 0 saturated carbocycles. The van der Waals surface area contributed by atoms with E-state index in [1.54, 1.807) is 24.5 Å². The first-order valence-electron chi connectivity index (χ1n) is 8.68. The molecule has 0 saturated heterocycles. The molecule has 134 valence electrons. The average molecular weight is 351 g/mol. The van der Waals surface area contributed by atoms with Crippen LogP contribution in [0, 0.1) is 5.82 Å². The van der Waals surface area contributed by atoms with Gasteiger partial charge in [0.2, 0.25) is 5.95 Å². The van der Waals surface area contributed by atoms with Crippen molar-refractivity contribution in [2.45, 2.75) is 32.9 Å². The number of pyridine rings is 1. The van der Waals surface area contributed by atoms with Crippen LogP contribution in [0.1, 0.15) is 25.8 Å². The van der Waals surface area contributed by atoms with E-state index in [1.807, 2.05) is 18.2 Å². The molecule has 0 unspecified atom stereocenters. The number of rotatable bonds is 7. The Morgan fingerprint density at radius 1 is 1.12 bits per heavy atom. The first-order chi connectivity index (χ1) is 12.6. The number of anilines is 2. The largest absolute Gasteiger partial charge is 0.366 e. The highest BCUT2D eigenvalue weighted by atomic mass is 19.1. The number of aromatic nitrogens is 3. The summed E-state index contributed by atoms with van der Waals surface area (Å²) >= 11 is 0. The van der Waals surface area contributed by atoms with Crippen molar-refractivity contribution in [1.29, 1.82) is 0 Å². The van der Waals surface area contributed by atoms with Gasteiger partial charge >= 0.3 is 0 Å². The van der Waals surface area contributed by atoms with Gasteiger partial charge in [-0.15, -0.1) is 0 Å². The quantitative estimate of drug-likeness (QED) is 0.656. The van der Waals surface area contributed by atoms with E-state index in [9.17, 15) is 4.39 Å². The molecule has 26 heavy (non-hydrogen) atoms. The second-order valence-corrected chi connectivity index (χ2v) is 6.14. The Morgan fingerprint density at radius 3 is 2.62 bits per heavy atom. The smallest absolute Gasteiger partial charge is 0.225 e. The van der Waals surface area contributed by atoms with E-state index >= 15 is 0 Å². The van der Waals surface area contributed by atoms with Crippen LogP contribution in [-0.4, -0.2) is 21.0 Å². The lowest BCUT2D eigenvalue weighted by Gasteiger charge is -2.14. The third-order valence-corrected chi connectivity index (χ3v) is 4.06. The number of halogens is 1. The van der Waals surface area contributed by atoms with Crippen molar-refractivity contribution in [3.8, 4) is 11.3 Å². The van der Waals surface area contributed by atoms with Crippen molar-refractivity contribution in [3.63, 3.8) is 0 Å². The summed E-state index contributed by atoms with van der Waals surface area (Å²) in [6.45, 7) is 4.74. The number of benzene rings is 1. The molecule has 6 heteroatoms. The fourth-order valence-electron chi connectivity index (χ4n) is 2.38. The van der Waals surface area contributed by atoms with Crippen LogP contribution in [0.2, 0.25) is 0 Å². The number of nitrogens with zero attached hydrogens (tertiary/aromatic N) is 3. The molecular formula is C20H22FN5. The van der Waals surface area contributed by atoms with Gasteiger partial charge < -0.3 is 10.6 Å². The summed E-state index contributed by atoms with van der Waals surface area (Å²) < 4.78 is 13.0. The van der Waals surface area contributed by atoms with E-state index in [0.717, 1.165) is 23.2 Å². The molecule has 1 atom stereocenters. The zero-order valence-electron chi connectivity index (χ0n) is 14.9. The zero-order valence-corrected chi connectivity index (χ0v) is 14.9. The van der Waals surface area contributed by atoms with E-state index in [0.29, 0.717) is 18.3 Å². The Morgan fingerprint density at radius 2 is 1.92 bits per heavy atom. The average Bonchev–Trinajstić information content (AvgIpc) is 2.68. The molecule has 5 nitrogen and oxygen atoms in total. The molecule has 0 spiro atoms. The van der Waals surface area contributed by atoms with Crippen molar-refractivity contribution >= 4 is 11.8 Å². The third-order valence-electron chi connectivity index (χ3n) is 4.06. The molecule has 0 amide bonds. The SMILES string of the molecule is CC[C@@H](C)Nc1nc(NCc2ccc(F)cc2)cc(-c2cccnc2)n1. The second kappa shape index (κ2) is 8.38. The van der Waals surface area contributed by atoms with Crippen LogP contribution < -0.4 is 10.6 Å². The van der Waals surface area contributed by atoms with Gasteiger partial charge in [0.25, 0.3) is 0 Å². The zero-order chi connectivity index (χ0) is 18.4. The highest BCUT2D eigenvalue weighted by molar-refractivity contribution is 5.63. The maximum absolute atomic E-state index is 13.0. The number of hydrogen-bond donors (Lipinski definition) is 2. The Kier molecular flexibility index (Phi) is 5.73. The predicted octanol–water partition coefficient (Wildman–Crippen LogP) is 4.50. The molecule has 0 bridgehead atoms. The fourth-order valence-corrected chi connectivity index (χ4v) is 2.38. The molecule has 2 N–H and O–H groups in total. The highest BCUT2D eigenvalue weighted by Crippen LogP contribution is 2.21. The first kappa shape index (κ1) is 17.8. The maximum atomic E-state index is 13.0. The van der Waals surface area contributed by atoms with Crippen LogP contribution in [0.15, 0.2) is 54.9 Å². The van der Waals surface area contributed by atoms with Gasteiger partial charge in [0, 0.05) is 36.6 Å². The van der Waals surface area contributed by atoms with Crippen LogP contribution in [-0.2, 0) is 6.54 Å². The van der Waals surface area contributed by atoms with Gasteiger partial charge in [-0.3, -0.25) is 4.98 Å². The standard InChI is InChI=1S/C20H22FN5/c1-3-14(2)24-20-25-18(16-5-4-10-22-13-16)11-19(26-20)23-12-15-6-8-17(21)9-7-15/h4-11,13-14H,3,12H2,1-2H3,(H2,23,24,25,26)/t14-/m1/s1. The van der Waals surface area contributed by atoms with Crippen LogP contribution in [0.25, 0.3) is 11.3 Å². The maximum Gasteiger partial charge on any atom is 0.225 e. The summed E-state index contributed by atoms with van der Waals surface area (Å²) in [4.78, 5) is 13.3. The molecule has 0 aliphatic rings. The Labute approximate surface area is 152 Å². The minimum atomic E-state index is -0.241. The first-order valence-corrected chi connectivity index (χ1v) is 8.68. The van der Waals surface area contributed by atoms with Crippen LogP contribution >= 0.6 is 0 Å². The minimum Gasteiger partial charge on any atom is -0.366 e. The topological polar surface area (TPSA) is 62.7 Å². The van der Waals surface area contributed by atoms with E-state index < -0.39 is 0 Å². The second-order valence-electron chi connectivity index (χ2n) is 6.14. The van der Waals surface area contributed by atoms with Gasteiger partial charge in [-0.1, -0.05) is 19.1 Å². The van der Waals surface area contributed by atoms with Gasteiger partial charge in [0.05, 0.1) is 5.69 Å². The minimum absolute atomic E-state index is 0.241. The fraction of sp³-hybridized carbons (Fsp3) is 0.250. The third kappa shape index (κ3) is 4.75. The van der Waals surface area contributed by atoms with E-state index in [-0.39, 0.29) is 11.9 Å². The lowest BCUT2D eigenvalue weighted by atomic mass is 10.2. The molecule has 2 heterocycles. The van der Waals surface area contributed by atoms with Gasteiger partial charge in [-0.2, -0.15) is 4.98 Å². The molecule has 0 fully saturated rings. The highest BCUT2D eigenvalue weighted by Gasteiger charge is 2.09. The van der Waals surface area contributed by atoms with Crippen LogP contribution in [0.4, 0.5) is 16.2 Å². The van der Waals surface area contributed by atoms with Crippen molar-refractivity contribution < 1.29 is 4.39 Å². The predicted molar refractivity (Wildman–Crippen MR) is 102 cm³/mol. The van der Waals surface area contributed by atoms with E-state index in [4.69, 9.17) is 0 Å². The van der Waals surface area contributed by atoms with Crippen molar-refractivity contribution in [2.24, 2.45) is 0 Å². The normalized spacial score (nSPS) is 11.8. The summed E-state index contributed by atoms with van der Waals surface area (Å²) in [6.07, 6.45) is 4.48. The summed E-state index contributed by atoms with van der Waals surface area (Å²) in [7, 11) is 0. The molecule has 0 aliphatic carbocycles. The van der Waals surface area contributed by atoms with E-state index in [1.165, 1.54) is 12.1 Å². The number of hydrogen-bond acceptors (Lipinski definition) is 5.